The molecule has 0 aromatic carbocycles. The summed E-state index contributed by atoms with van der Waals surface area (Å²) in [5.74, 6) is 0.0282. The number of amides is 2. The lowest BCUT2D eigenvalue weighted by molar-refractivity contribution is -0.129. The molecule has 0 aliphatic heterocycles. The number of nitrogens with one attached hydrogen (secondary N) is 1. The van der Waals surface area contributed by atoms with Crippen LogP contribution in [0.15, 0.2) is 0 Å². The molecule has 2 amide bonds. The van der Waals surface area contributed by atoms with Gasteiger partial charge in [0, 0.05) is 25.0 Å². The first kappa shape index (κ1) is 13.3. The van der Waals surface area contributed by atoms with Crippen molar-refractivity contribution in [2.24, 2.45) is 11.7 Å². The number of hydrogen-bond donors (Lipinski definition) is 2. The zero-order valence-corrected chi connectivity index (χ0v) is 11.0. The standard InChI is InChI=1S/C13H23N3O2/c1-16(11-6-7-11)12(17)8-15-10-4-2-9(3-5-10)13(14)18/h9-11,15H,2-8H2,1H3,(H2,14,18). The number of rotatable bonds is 5. The molecule has 5 heteroatoms. The molecule has 102 valence electrons. The molecule has 0 atom stereocenters. The molecule has 0 radical (unpaired) electrons. The largest absolute Gasteiger partial charge is 0.369 e. The van der Waals surface area contributed by atoms with Crippen LogP contribution in [0.5, 0.6) is 0 Å². The summed E-state index contributed by atoms with van der Waals surface area (Å²) < 4.78 is 0. The second kappa shape index (κ2) is 5.69. The maximum Gasteiger partial charge on any atom is 0.236 e. The molecule has 0 bridgehead atoms. The van der Waals surface area contributed by atoms with Gasteiger partial charge in [0.1, 0.15) is 0 Å². The summed E-state index contributed by atoms with van der Waals surface area (Å²) in [6.45, 7) is 0.416. The Labute approximate surface area is 108 Å². The molecule has 2 rings (SSSR count). The van der Waals surface area contributed by atoms with Crippen molar-refractivity contribution in [2.45, 2.75) is 50.6 Å². The van der Waals surface area contributed by atoms with Gasteiger partial charge < -0.3 is 16.0 Å². The van der Waals surface area contributed by atoms with Gasteiger partial charge in [-0.25, -0.2) is 0 Å². The van der Waals surface area contributed by atoms with Gasteiger partial charge in [-0.2, -0.15) is 0 Å². The Morgan fingerprint density at radius 1 is 1.17 bits per heavy atom. The minimum atomic E-state index is -0.182. The van der Waals surface area contributed by atoms with Crippen LogP contribution < -0.4 is 11.1 Å². The van der Waals surface area contributed by atoms with Gasteiger partial charge in [-0.15, -0.1) is 0 Å². The summed E-state index contributed by atoms with van der Waals surface area (Å²) in [6.07, 6.45) is 5.86. The summed E-state index contributed by atoms with van der Waals surface area (Å²) in [5.41, 5.74) is 5.29. The molecule has 2 aliphatic carbocycles. The van der Waals surface area contributed by atoms with Crippen molar-refractivity contribution in [1.29, 1.82) is 0 Å². The van der Waals surface area contributed by atoms with Gasteiger partial charge >= 0.3 is 0 Å². The fourth-order valence-corrected chi connectivity index (χ4v) is 2.60. The molecule has 0 aromatic heterocycles. The first-order chi connectivity index (χ1) is 8.58. The number of nitrogens with zero attached hydrogens (tertiary/aromatic N) is 1. The monoisotopic (exact) mass is 253 g/mol. The average molecular weight is 253 g/mol. The Bertz CT molecular complexity index is 320. The summed E-state index contributed by atoms with van der Waals surface area (Å²) in [6, 6.07) is 0.835. The van der Waals surface area contributed by atoms with Gasteiger partial charge in [0.15, 0.2) is 0 Å². The lowest BCUT2D eigenvalue weighted by Gasteiger charge is -2.28. The van der Waals surface area contributed by atoms with Gasteiger partial charge in [-0.1, -0.05) is 0 Å². The third kappa shape index (κ3) is 3.45. The van der Waals surface area contributed by atoms with E-state index in [0.717, 1.165) is 38.5 Å². The first-order valence-corrected chi connectivity index (χ1v) is 6.86. The van der Waals surface area contributed by atoms with E-state index in [2.05, 4.69) is 5.32 Å². The molecule has 5 nitrogen and oxygen atoms in total. The SMILES string of the molecule is CN(C(=O)CNC1CCC(C(N)=O)CC1)C1CC1. The Balaban J connectivity index is 1.65. The van der Waals surface area contributed by atoms with Crippen LogP contribution in [0.3, 0.4) is 0 Å². The highest BCUT2D eigenvalue weighted by Crippen LogP contribution is 2.26. The lowest BCUT2D eigenvalue weighted by atomic mass is 9.85. The van der Waals surface area contributed by atoms with Crippen LogP contribution in [0.1, 0.15) is 38.5 Å². The van der Waals surface area contributed by atoms with E-state index in [1.807, 2.05) is 11.9 Å². The number of carbonyl (C=O) groups is 2. The second-order valence-electron chi connectivity index (χ2n) is 5.57. The number of nitrogens with two attached hydrogens (primary N) is 1. The van der Waals surface area contributed by atoms with Crippen LogP contribution in [-0.4, -0.2) is 42.4 Å². The van der Waals surface area contributed by atoms with Crippen molar-refractivity contribution < 1.29 is 9.59 Å². The van der Waals surface area contributed by atoms with Crippen LogP contribution in [0.2, 0.25) is 0 Å². The Hall–Kier alpha value is -1.10. The van der Waals surface area contributed by atoms with Crippen LogP contribution in [0.25, 0.3) is 0 Å². The molecule has 3 N–H and O–H groups in total. The van der Waals surface area contributed by atoms with Gasteiger partial charge in [-0.3, -0.25) is 9.59 Å². The number of carbonyl (C=O) groups excluding carboxylic acids is 2. The number of hydrogen-bond acceptors (Lipinski definition) is 3. The number of primary amides is 1. The average Bonchev–Trinajstić information content (AvgIpc) is 3.19. The fraction of sp³-hybridized carbons (Fsp3) is 0.846. The Morgan fingerprint density at radius 3 is 2.28 bits per heavy atom. The van der Waals surface area contributed by atoms with E-state index in [-0.39, 0.29) is 17.7 Å². The normalized spacial score (nSPS) is 27.8. The van der Waals surface area contributed by atoms with Crippen LogP contribution >= 0.6 is 0 Å². The highest BCUT2D eigenvalue weighted by atomic mass is 16.2. The molecule has 18 heavy (non-hydrogen) atoms. The quantitative estimate of drug-likeness (QED) is 0.737. The van der Waals surface area contributed by atoms with Crippen molar-refractivity contribution in [3.63, 3.8) is 0 Å². The van der Waals surface area contributed by atoms with E-state index < -0.39 is 0 Å². The van der Waals surface area contributed by atoms with Crippen molar-refractivity contribution in [2.75, 3.05) is 13.6 Å². The molecular formula is C13H23N3O2. The Kier molecular flexibility index (Phi) is 4.22. The topological polar surface area (TPSA) is 75.4 Å². The minimum Gasteiger partial charge on any atom is -0.369 e. The van der Waals surface area contributed by atoms with Crippen molar-refractivity contribution >= 4 is 11.8 Å². The van der Waals surface area contributed by atoms with Crippen LogP contribution in [0, 0.1) is 5.92 Å². The van der Waals surface area contributed by atoms with E-state index in [0.29, 0.717) is 18.6 Å². The molecule has 2 fully saturated rings. The highest BCUT2D eigenvalue weighted by Gasteiger charge is 2.30. The molecular weight excluding hydrogens is 230 g/mol. The van der Waals surface area contributed by atoms with E-state index >= 15 is 0 Å². The minimum absolute atomic E-state index is 0.0351. The lowest BCUT2D eigenvalue weighted by Crippen LogP contribution is -2.43. The third-order valence-electron chi connectivity index (χ3n) is 4.16. The van der Waals surface area contributed by atoms with E-state index in [1.54, 1.807) is 0 Å². The summed E-state index contributed by atoms with van der Waals surface area (Å²) >= 11 is 0. The molecule has 0 aromatic rings. The zero-order valence-electron chi connectivity index (χ0n) is 11.0. The van der Waals surface area contributed by atoms with Gasteiger partial charge in [0.25, 0.3) is 0 Å². The molecule has 0 heterocycles. The van der Waals surface area contributed by atoms with Gasteiger partial charge in [0.2, 0.25) is 11.8 Å². The van der Waals surface area contributed by atoms with E-state index in [1.165, 1.54) is 0 Å². The molecule has 0 spiro atoms. The molecule has 2 saturated carbocycles. The second-order valence-corrected chi connectivity index (χ2v) is 5.57. The fourth-order valence-electron chi connectivity index (χ4n) is 2.60. The maximum atomic E-state index is 11.8. The zero-order chi connectivity index (χ0) is 13.1. The van der Waals surface area contributed by atoms with Gasteiger partial charge in [0.05, 0.1) is 6.54 Å². The van der Waals surface area contributed by atoms with Gasteiger partial charge in [-0.05, 0) is 38.5 Å². The predicted molar refractivity (Wildman–Crippen MR) is 68.7 cm³/mol. The van der Waals surface area contributed by atoms with Crippen molar-refractivity contribution in [3.8, 4) is 0 Å². The molecule has 0 saturated heterocycles. The first-order valence-electron chi connectivity index (χ1n) is 6.86. The summed E-state index contributed by atoms with van der Waals surface area (Å²) in [4.78, 5) is 24.7. The van der Waals surface area contributed by atoms with Crippen molar-refractivity contribution in [3.05, 3.63) is 0 Å². The maximum absolute atomic E-state index is 11.8. The van der Waals surface area contributed by atoms with E-state index in [4.69, 9.17) is 5.73 Å². The molecule has 2 aliphatic rings. The van der Waals surface area contributed by atoms with Crippen molar-refractivity contribution in [1.82, 2.24) is 10.2 Å². The predicted octanol–water partition coefficient (Wildman–Crippen LogP) is 0.241. The molecule has 0 unspecified atom stereocenters. The highest BCUT2D eigenvalue weighted by molar-refractivity contribution is 5.78. The number of likely N-dealkylation sites (N-methyl/N-ethyl adjacent to an activating group) is 1. The summed E-state index contributed by atoms with van der Waals surface area (Å²) in [5, 5.41) is 3.30. The van der Waals surface area contributed by atoms with Crippen LogP contribution in [-0.2, 0) is 9.59 Å². The Morgan fingerprint density at radius 2 is 1.78 bits per heavy atom. The smallest absolute Gasteiger partial charge is 0.236 e. The summed E-state index contributed by atoms with van der Waals surface area (Å²) in [7, 11) is 1.88. The third-order valence-corrected chi connectivity index (χ3v) is 4.16. The van der Waals surface area contributed by atoms with Crippen LogP contribution in [0.4, 0.5) is 0 Å². The van der Waals surface area contributed by atoms with E-state index in [9.17, 15) is 9.59 Å².